The molecule has 1 aliphatic rings. The number of hydrogen-bond acceptors (Lipinski definition) is 0. The van der Waals surface area contributed by atoms with E-state index in [4.69, 9.17) is 0 Å². The van der Waals surface area contributed by atoms with Crippen molar-refractivity contribution in [1.82, 2.24) is 0 Å². The molecular formula is C10H11I. The monoisotopic (exact) mass is 258 g/mol. The zero-order valence-electron chi connectivity index (χ0n) is 6.50. The van der Waals surface area contributed by atoms with E-state index in [1.165, 1.54) is 5.57 Å². The number of hydrogen-bond donors (Lipinski definition) is 0. The van der Waals surface area contributed by atoms with Crippen LogP contribution in [0.5, 0.6) is 0 Å². The summed E-state index contributed by atoms with van der Waals surface area (Å²) in [6, 6.07) is 0. The predicted molar refractivity (Wildman–Crippen MR) is 58.7 cm³/mol. The van der Waals surface area contributed by atoms with E-state index < -0.39 is 0 Å². The predicted octanol–water partition coefficient (Wildman–Crippen LogP) is 3.62. The van der Waals surface area contributed by atoms with Gasteiger partial charge in [0.05, 0.1) is 0 Å². The lowest BCUT2D eigenvalue weighted by molar-refractivity contribution is 0.884. The molecule has 0 aromatic carbocycles. The third-order valence-corrected chi connectivity index (χ3v) is 2.10. The second-order valence-corrected chi connectivity index (χ2v) is 3.24. The van der Waals surface area contributed by atoms with Gasteiger partial charge in [-0.15, -0.1) is 0 Å². The molecule has 1 heteroatoms. The first-order valence-corrected chi connectivity index (χ1v) is 4.91. The Morgan fingerprint density at radius 1 is 1.45 bits per heavy atom. The molecule has 0 saturated carbocycles. The molecule has 58 valence electrons. The van der Waals surface area contributed by atoms with Gasteiger partial charge in [-0.05, 0) is 15.6 Å². The maximum Gasteiger partial charge on any atom is -0.000732 e. The molecule has 0 bridgehead atoms. The van der Waals surface area contributed by atoms with E-state index >= 15 is 0 Å². The summed E-state index contributed by atoms with van der Waals surface area (Å²) in [6.07, 6.45) is 12.7. The zero-order chi connectivity index (χ0) is 8.10. The minimum atomic E-state index is 0.563. The van der Waals surface area contributed by atoms with Gasteiger partial charge < -0.3 is 0 Å². The lowest BCUT2D eigenvalue weighted by Gasteiger charge is -2.09. The van der Waals surface area contributed by atoms with Crippen LogP contribution in [0.1, 0.15) is 6.92 Å². The summed E-state index contributed by atoms with van der Waals surface area (Å²) in [4.78, 5) is 0. The molecule has 0 aromatic rings. The highest BCUT2D eigenvalue weighted by Gasteiger charge is 2.02. The van der Waals surface area contributed by atoms with Gasteiger partial charge in [0.2, 0.25) is 0 Å². The first kappa shape index (κ1) is 8.78. The molecule has 11 heavy (non-hydrogen) atoms. The van der Waals surface area contributed by atoms with E-state index in [-0.39, 0.29) is 0 Å². The normalized spacial score (nSPS) is 27.1. The third-order valence-electron chi connectivity index (χ3n) is 1.69. The van der Waals surface area contributed by atoms with Gasteiger partial charge in [-0.1, -0.05) is 66.0 Å². The molecule has 0 radical (unpaired) electrons. The minimum absolute atomic E-state index is 0.563. The molecule has 0 aromatic heterocycles. The van der Waals surface area contributed by atoms with E-state index in [9.17, 15) is 0 Å². The molecule has 1 atom stereocenters. The molecule has 0 nitrogen and oxygen atoms in total. The van der Waals surface area contributed by atoms with E-state index in [0.29, 0.717) is 5.92 Å². The quantitative estimate of drug-likeness (QED) is 0.630. The Morgan fingerprint density at radius 3 is 2.91 bits per heavy atom. The van der Waals surface area contributed by atoms with Gasteiger partial charge in [0.25, 0.3) is 0 Å². The summed E-state index contributed by atoms with van der Waals surface area (Å²) in [5, 5.41) is 0. The maximum atomic E-state index is 2.22. The summed E-state index contributed by atoms with van der Waals surface area (Å²) in [5.74, 6) is 0.563. The molecule has 0 aliphatic heterocycles. The minimum Gasteiger partial charge on any atom is -0.0773 e. The van der Waals surface area contributed by atoms with Crippen LogP contribution in [-0.2, 0) is 0 Å². The number of allylic oxidation sites excluding steroid dienone is 7. The average Bonchev–Trinajstić information content (AvgIpc) is 2.03. The van der Waals surface area contributed by atoms with Crippen molar-refractivity contribution < 1.29 is 0 Å². The van der Waals surface area contributed by atoms with E-state index in [0.717, 1.165) is 0 Å². The van der Waals surface area contributed by atoms with Crippen LogP contribution in [0.4, 0.5) is 0 Å². The molecule has 1 aliphatic carbocycles. The van der Waals surface area contributed by atoms with Crippen molar-refractivity contribution in [3.63, 3.8) is 0 Å². The number of halogens is 1. The molecule has 0 amide bonds. The Bertz CT molecular complexity index is 231. The molecule has 1 unspecified atom stereocenters. The van der Waals surface area contributed by atoms with Gasteiger partial charge in [-0.2, -0.15) is 0 Å². The Hall–Kier alpha value is -0.310. The fourth-order valence-electron chi connectivity index (χ4n) is 1.02. The molecular weight excluding hydrogens is 247 g/mol. The topological polar surface area (TPSA) is 0 Å². The van der Waals surface area contributed by atoms with Crippen molar-refractivity contribution >= 4 is 22.6 Å². The van der Waals surface area contributed by atoms with Gasteiger partial charge in [0, 0.05) is 0 Å². The average molecular weight is 258 g/mol. The van der Waals surface area contributed by atoms with Gasteiger partial charge in [0.15, 0.2) is 0 Å². The Kier molecular flexibility index (Phi) is 3.63. The van der Waals surface area contributed by atoms with Crippen molar-refractivity contribution in [2.24, 2.45) is 5.92 Å². The molecule has 0 saturated heterocycles. The first-order valence-electron chi connectivity index (χ1n) is 3.66. The van der Waals surface area contributed by atoms with Crippen LogP contribution >= 0.6 is 22.6 Å². The molecule has 0 N–H and O–H groups in total. The lowest BCUT2D eigenvalue weighted by atomic mass is 9.96. The maximum absolute atomic E-state index is 2.22. The molecule has 0 heterocycles. The van der Waals surface area contributed by atoms with Crippen LogP contribution in [0.3, 0.4) is 0 Å². The zero-order valence-corrected chi connectivity index (χ0v) is 8.65. The van der Waals surface area contributed by atoms with Crippen LogP contribution in [0, 0.1) is 5.92 Å². The fourth-order valence-corrected chi connectivity index (χ4v) is 1.22. The standard InChI is InChI=1S/C10H11I/c1-9-5-2-3-6-10(9)7-4-8-11/h2-9H,1H3/b8-4-,10-7-. The van der Waals surface area contributed by atoms with Gasteiger partial charge in [-0.25, -0.2) is 0 Å². The second-order valence-electron chi connectivity index (χ2n) is 2.52. The van der Waals surface area contributed by atoms with Crippen LogP contribution < -0.4 is 0 Å². The van der Waals surface area contributed by atoms with Crippen LogP contribution in [0.2, 0.25) is 0 Å². The largest absolute Gasteiger partial charge is 0.0773 e. The summed E-state index contributed by atoms with van der Waals surface area (Å²) in [7, 11) is 0. The van der Waals surface area contributed by atoms with E-state index in [1.54, 1.807) is 0 Å². The smallest absolute Gasteiger partial charge is 0.000732 e. The highest BCUT2D eigenvalue weighted by molar-refractivity contribution is 14.1. The Balaban J connectivity index is 2.72. The van der Waals surface area contributed by atoms with Gasteiger partial charge in [0.1, 0.15) is 0 Å². The highest BCUT2D eigenvalue weighted by atomic mass is 127. The van der Waals surface area contributed by atoms with Crippen molar-refractivity contribution in [3.8, 4) is 0 Å². The molecule has 0 fully saturated rings. The second kappa shape index (κ2) is 4.54. The Morgan fingerprint density at radius 2 is 2.27 bits per heavy atom. The van der Waals surface area contributed by atoms with E-state index in [1.807, 2.05) is 4.08 Å². The third kappa shape index (κ3) is 2.66. The summed E-state index contributed by atoms with van der Waals surface area (Å²) < 4.78 is 2.02. The van der Waals surface area contributed by atoms with Crippen LogP contribution in [0.25, 0.3) is 0 Å². The highest BCUT2D eigenvalue weighted by Crippen LogP contribution is 2.17. The van der Waals surface area contributed by atoms with Crippen molar-refractivity contribution in [2.45, 2.75) is 6.92 Å². The molecule has 0 spiro atoms. The van der Waals surface area contributed by atoms with Gasteiger partial charge in [-0.3, -0.25) is 0 Å². The first-order chi connectivity index (χ1) is 5.34. The van der Waals surface area contributed by atoms with Crippen molar-refractivity contribution in [1.29, 1.82) is 0 Å². The summed E-state index contributed by atoms with van der Waals surface area (Å²) in [5.41, 5.74) is 1.38. The van der Waals surface area contributed by atoms with Crippen molar-refractivity contribution in [2.75, 3.05) is 0 Å². The van der Waals surface area contributed by atoms with Gasteiger partial charge >= 0.3 is 0 Å². The SMILES string of the molecule is CC1C=CC=C/C1=C/C=C\I. The molecule has 1 rings (SSSR count). The number of rotatable bonds is 1. The van der Waals surface area contributed by atoms with Crippen LogP contribution in [0.15, 0.2) is 46.1 Å². The van der Waals surface area contributed by atoms with E-state index in [2.05, 4.69) is 66.0 Å². The summed E-state index contributed by atoms with van der Waals surface area (Å²) in [6.45, 7) is 2.20. The van der Waals surface area contributed by atoms with Crippen molar-refractivity contribution in [3.05, 3.63) is 46.1 Å². The summed E-state index contributed by atoms with van der Waals surface area (Å²) >= 11 is 2.22. The fraction of sp³-hybridized carbons (Fsp3) is 0.200. The Labute approximate surface area is 81.5 Å². The lowest BCUT2D eigenvalue weighted by Crippen LogP contribution is -1.94. The van der Waals surface area contributed by atoms with Crippen LogP contribution in [-0.4, -0.2) is 0 Å².